The molecule has 14 heavy (non-hydrogen) atoms. The Hall–Kier alpha value is -1.08. The predicted octanol–water partition coefficient (Wildman–Crippen LogP) is 3.51. The number of ether oxygens (including phenoxy) is 1. The monoisotopic (exact) mass is 189 g/mol. The molecule has 0 amide bonds. The minimum atomic E-state index is 0.643. The summed E-state index contributed by atoms with van der Waals surface area (Å²) >= 11 is 0. The highest BCUT2D eigenvalue weighted by Gasteiger charge is 1.93. The van der Waals surface area contributed by atoms with Gasteiger partial charge in [-0.15, -0.1) is 0 Å². The highest BCUT2D eigenvalue weighted by atomic mass is 16.5. The number of hydrogen-bond donors (Lipinski definition) is 0. The molecule has 0 N–H and O–H groups in total. The van der Waals surface area contributed by atoms with Gasteiger partial charge in [0.05, 0.1) is 13.2 Å². The second-order valence-corrected chi connectivity index (χ2v) is 3.33. The second-order valence-electron chi connectivity index (χ2n) is 3.33. The van der Waals surface area contributed by atoms with Gasteiger partial charge in [0.15, 0.2) is 0 Å². The largest absolute Gasteiger partial charge is 0.372 e. The maximum absolute atomic E-state index is 5.11. The summed E-state index contributed by atoms with van der Waals surface area (Å²) in [7, 11) is 0. The van der Waals surface area contributed by atoms with Crippen LogP contribution in [0.2, 0.25) is 0 Å². The quantitative estimate of drug-likeness (QED) is 0.658. The molecule has 0 atom stereocenters. The Balaban J connectivity index is 2.62. The summed E-state index contributed by atoms with van der Waals surface area (Å²) < 4.78 is 5.11. The van der Waals surface area contributed by atoms with Gasteiger partial charge >= 0.3 is 0 Å². The van der Waals surface area contributed by atoms with Crippen LogP contribution in [0.1, 0.15) is 23.6 Å². The number of rotatable bonds is 4. The van der Waals surface area contributed by atoms with Gasteiger partial charge in [-0.25, -0.2) is 0 Å². The number of aryl methyl sites for hydroxylation is 2. The molecule has 0 aliphatic heterocycles. The van der Waals surface area contributed by atoms with Gasteiger partial charge in [-0.05, 0) is 31.9 Å². The molecule has 0 bridgehead atoms. The average Bonchev–Trinajstić information content (AvgIpc) is 2.15. The molecule has 0 fully saturated rings. The van der Waals surface area contributed by atoms with E-state index in [0.29, 0.717) is 6.61 Å². The molecule has 0 spiro atoms. The van der Waals surface area contributed by atoms with Crippen molar-refractivity contribution in [2.75, 3.05) is 6.61 Å². The van der Waals surface area contributed by atoms with Gasteiger partial charge in [-0.2, -0.15) is 0 Å². The van der Waals surface area contributed by atoms with Crippen LogP contribution in [0.15, 0.2) is 24.3 Å². The van der Waals surface area contributed by atoms with Crippen molar-refractivity contribution in [1.82, 2.24) is 0 Å². The van der Waals surface area contributed by atoms with E-state index in [1.54, 1.807) is 6.61 Å². The van der Waals surface area contributed by atoms with Crippen molar-refractivity contribution in [3.8, 4) is 0 Å². The Bertz CT molecular complexity index is 313. The standard InChI is InChI=1S/C13H17O/c1-4-14-9-5-6-13-8-7-11(2)10-12(13)3/h4-8,10H,9H2,1-3H3. The van der Waals surface area contributed by atoms with E-state index in [1.165, 1.54) is 16.7 Å². The Morgan fingerprint density at radius 2 is 2.07 bits per heavy atom. The third-order valence-electron chi connectivity index (χ3n) is 2.08. The fraction of sp³-hybridized carbons (Fsp3) is 0.308. The molecule has 1 nitrogen and oxygen atoms in total. The van der Waals surface area contributed by atoms with Crippen LogP contribution in [0.5, 0.6) is 0 Å². The summed E-state index contributed by atoms with van der Waals surface area (Å²) in [6.45, 7) is 8.45. The highest BCUT2D eigenvalue weighted by molar-refractivity contribution is 5.54. The number of benzene rings is 1. The van der Waals surface area contributed by atoms with Crippen LogP contribution in [0.3, 0.4) is 0 Å². The van der Waals surface area contributed by atoms with Gasteiger partial charge in [0.25, 0.3) is 0 Å². The van der Waals surface area contributed by atoms with Crippen LogP contribution in [0.25, 0.3) is 6.08 Å². The smallest absolute Gasteiger partial charge is 0.0810 e. The molecule has 0 aliphatic rings. The van der Waals surface area contributed by atoms with Crippen LogP contribution in [0, 0.1) is 20.5 Å². The van der Waals surface area contributed by atoms with E-state index < -0.39 is 0 Å². The fourth-order valence-electron chi connectivity index (χ4n) is 1.34. The van der Waals surface area contributed by atoms with E-state index >= 15 is 0 Å². The zero-order valence-electron chi connectivity index (χ0n) is 9.08. The van der Waals surface area contributed by atoms with Crippen molar-refractivity contribution in [3.63, 3.8) is 0 Å². The summed E-state index contributed by atoms with van der Waals surface area (Å²) in [6.07, 6.45) is 4.12. The molecule has 0 aliphatic carbocycles. The normalized spacial score (nSPS) is 11.1. The molecular weight excluding hydrogens is 172 g/mol. The van der Waals surface area contributed by atoms with Gasteiger partial charge in [-0.3, -0.25) is 0 Å². The lowest BCUT2D eigenvalue weighted by atomic mass is 10.1. The summed E-state index contributed by atoms with van der Waals surface area (Å²) in [6, 6.07) is 6.45. The molecule has 0 saturated heterocycles. The lowest BCUT2D eigenvalue weighted by Crippen LogP contribution is -1.85. The maximum atomic E-state index is 5.11. The molecule has 1 aromatic rings. The Kier molecular flexibility index (Phi) is 4.41. The van der Waals surface area contributed by atoms with Gasteiger partial charge in [0.2, 0.25) is 0 Å². The van der Waals surface area contributed by atoms with E-state index in [1.807, 2.05) is 13.0 Å². The first-order valence-corrected chi connectivity index (χ1v) is 4.87. The molecule has 1 aromatic carbocycles. The van der Waals surface area contributed by atoms with E-state index in [9.17, 15) is 0 Å². The summed E-state index contributed by atoms with van der Waals surface area (Å²) in [4.78, 5) is 0. The van der Waals surface area contributed by atoms with Crippen LogP contribution in [-0.2, 0) is 4.74 Å². The lowest BCUT2D eigenvalue weighted by molar-refractivity contribution is 0.240. The van der Waals surface area contributed by atoms with Gasteiger partial charge in [0.1, 0.15) is 0 Å². The summed E-state index contributed by atoms with van der Waals surface area (Å²) in [5.41, 5.74) is 3.87. The van der Waals surface area contributed by atoms with Gasteiger partial charge < -0.3 is 4.74 Å². The van der Waals surface area contributed by atoms with Crippen LogP contribution < -0.4 is 0 Å². The van der Waals surface area contributed by atoms with Crippen molar-refractivity contribution in [2.45, 2.75) is 20.8 Å². The first-order chi connectivity index (χ1) is 6.74. The van der Waals surface area contributed by atoms with Crippen molar-refractivity contribution < 1.29 is 4.74 Å². The second kappa shape index (κ2) is 5.61. The Labute approximate surface area is 86.4 Å². The molecule has 75 valence electrons. The third-order valence-corrected chi connectivity index (χ3v) is 2.08. The molecule has 1 rings (SSSR count). The zero-order chi connectivity index (χ0) is 10.4. The molecule has 0 saturated carbocycles. The van der Waals surface area contributed by atoms with Gasteiger partial charge in [0, 0.05) is 0 Å². The molecule has 1 heteroatoms. The minimum absolute atomic E-state index is 0.643. The molecule has 0 unspecified atom stereocenters. The van der Waals surface area contributed by atoms with E-state index in [-0.39, 0.29) is 0 Å². The fourth-order valence-corrected chi connectivity index (χ4v) is 1.34. The molecular formula is C13H17O. The van der Waals surface area contributed by atoms with Crippen molar-refractivity contribution >= 4 is 6.08 Å². The zero-order valence-corrected chi connectivity index (χ0v) is 9.08. The minimum Gasteiger partial charge on any atom is -0.372 e. The Morgan fingerprint density at radius 1 is 1.29 bits per heavy atom. The summed E-state index contributed by atoms with van der Waals surface area (Å²) in [5, 5.41) is 0. The van der Waals surface area contributed by atoms with Crippen molar-refractivity contribution in [1.29, 1.82) is 0 Å². The van der Waals surface area contributed by atoms with Crippen molar-refractivity contribution in [3.05, 3.63) is 47.6 Å². The highest BCUT2D eigenvalue weighted by Crippen LogP contribution is 2.11. The molecule has 0 heterocycles. The number of hydrogen-bond acceptors (Lipinski definition) is 1. The van der Waals surface area contributed by atoms with Gasteiger partial charge in [-0.1, -0.05) is 35.9 Å². The molecule has 1 radical (unpaired) electrons. The molecule has 0 aromatic heterocycles. The van der Waals surface area contributed by atoms with Crippen LogP contribution in [0.4, 0.5) is 0 Å². The van der Waals surface area contributed by atoms with E-state index in [2.05, 4.69) is 38.1 Å². The third kappa shape index (κ3) is 3.35. The maximum Gasteiger partial charge on any atom is 0.0810 e. The van der Waals surface area contributed by atoms with E-state index in [4.69, 9.17) is 4.74 Å². The van der Waals surface area contributed by atoms with Crippen molar-refractivity contribution in [2.24, 2.45) is 0 Å². The average molecular weight is 189 g/mol. The van der Waals surface area contributed by atoms with E-state index in [0.717, 1.165) is 0 Å². The van der Waals surface area contributed by atoms with Crippen LogP contribution >= 0.6 is 0 Å². The Morgan fingerprint density at radius 3 is 2.71 bits per heavy atom. The topological polar surface area (TPSA) is 9.23 Å². The first-order valence-electron chi connectivity index (χ1n) is 4.87. The SMILES string of the molecule is C[CH]OCC=Cc1ccc(C)cc1C. The van der Waals surface area contributed by atoms with Crippen LogP contribution in [-0.4, -0.2) is 6.61 Å². The first kappa shape index (κ1) is 11.0. The predicted molar refractivity (Wildman–Crippen MR) is 60.9 cm³/mol. The lowest BCUT2D eigenvalue weighted by Gasteiger charge is -2.01. The summed E-state index contributed by atoms with van der Waals surface area (Å²) in [5.74, 6) is 0.